The molecule has 3 aromatic rings. The lowest BCUT2D eigenvalue weighted by Crippen LogP contribution is -2.21. The van der Waals surface area contributed by atoms with E-state index in [0.29, 0.717) is 45.4 Å². The second-order valence-corrected chi connectivity index (χ2v) is 8.00. The molecule has 0 radical (unpaired) electrons. The zero-order valence-electron chi connectivity index (χ0n) is 15.0. The number of halogens is 3. The number of fused-ring (bicyclic) bond motifs is 1. The lowest BCUT2D eigenvalue weighted by atomic mass is 10.3. The number of carbonyl (C=O) groups excluding carboxylic acids is 1. The smallest absolute Gasteiger partial charge is 0.286 e. The highest BCUT2D eigenvalue weighted by Crippen LogP contribution is 2.27. The van der Waals surface area contributed by atoms with Gasteiger partial charge in [-0.05, 0) is 43.3 Å². The van der Waals surface area contributed by atoms with Gasteiger partial charge in [0.2, 0.25) is 0 Å². The Hall–Kier alpha value is -1.57. The molecule has 0 saturated heterocycles. The summed E-state index contributed by atoms with van der Waals surface area (Å²) in [6.07, 6.45) is 0. The van der Waals surface area contributed by atoms with E-state index in [4.69, 9.17) is 44.3 Å². The quantitative estimate of drug-likeness (QED) is 0.456. The zero-order valence-corrected chi connectivity index (χ0v) is 18.0. The molecule has 0 atom stereocenters. The summed E-state index contributed by atoms with van der Waals surface area (Å²) in [5.41, 5.74) is 0.947. The summed E-state index contributed by atoms with van der Waals surface area (Å²) in [4.78, 5) is 17.1. The van der Waals surface area contributed by atoms with E-state index in [1.807, 2.05) is 29.7 Å². The zero-order chi connectivity index (χ0) is 20.1. The summed E-state index contributed by atoms with van der Waals surface area (Å²) in [7, 11) is 0. The van der Waals surface area contributed by atoms with Crippen LogP contribution in [0, 0.1) is 0 Å². The molecule has 0 aliphatic heterocycles. The first-order valence-corrected chi connectivity index (χ1v) is 10.4. The van der Waals surface area contributed by atoms with Crippen LogP contribution in [0.5, 0.6) is 5.75 Å². The van der Waals surface area contributed by atoms with Crippen LogP contribution in [0.4, 0.5) is 0 Å². The average molecular weight is 460 g/mol. The van der Waals surface area contributed by atoms with E-state index in [9.17, 15) is 4.79 Å². The molecule has 148 valence electrons. The number of thiazole rings is 1. The van der Waals surface area contributed by atoms with Gasteiger partial charge in [0, 0.05) is 23.2 Å². The van der Waals surface area contributed by atoms with Crippen molar-refractivity contribution in [3.8, 4) is 5.75 Å². The maximum absolute atomic E-state index is 12.4. The predicted octanol–water partition coefficient (Wildman–Crippen LogP) is 5.21. The molecule has 0 unspecified atom stereocenters. The number of ether oxygens (including phenoxy) is 2. The molecular weight excluding hydrogens is 443 g/mol. The molecule has 0 aliphatic rings. The fourth-order valence-electron chi connectivity index (χ4n) is 2.52. The van der Waals surface area contributed by atoms with Crippen LogP contribution in [0.3, 0.4) is 0 Å². The Labute approximate surface area is 181 Å². The van der Waals surface area contributed by atoms with Gasteiger partial charge in [0.25, 0.3) is 5.91 Å². The minimum Gasteiger partial charge on any atom is -0.482 e. The first kappa shape index (κ1) is 21.1. The van der Waals surface area contributed by atoms with Crippen molar-refractivity contribution in [1.82, 2.24) is 4.57 Å². The Balaban J connectivity index is 1.84. The number of amides is 1. The Kier molecular flexibility index (Phi) is 7.37. The third kappa shape index (κ3) is 5.27. The van der Waals surface area contributed by atoms with E-state index >= 15 is 0 Å². The van der Waals surface area contributed by atoms with Crippen molar-refractivity contribution in [1.29, 1.82) is 0 Å². The summed E-state index contributed by atoms with van der Waals surface area (Å²) in [5.74, 6) is -0.0456. The van der Waals surface area contributed by atoms with Crippen LogP contribution in [-0.4, -0.2) is 30.3 Å². The van der Waals surface area contributed by atoms with Gasteiger partial charge >= 0.3 is 0 Å². The molecule has 0 saturated carbocycles. The summed E-state index contributed by atoms with van der Waals surface area (Å²) < 4.78 is 13.8. The van der Waals surface area contributed by atoms with Crippen molar-refractivity contribution < 1.29 is 14.3 Å². The van der Waals surface area contributed by atoms with Gasteiger partial charge in [0.1, 0.15) is 5.75 Å². The Morgan fingerprint density at radius 3 is 2.64 bits per heavy atom. The van der Waals surface area contributed by atoms with E-state index in [-0.39, 0.29) is 6.61 Å². The maximum atomic E-state index is 12.4. The molecule has 1 amide bonds. The first-order valence-electron chi connectivity index (χ1n) is 8.50. The molecule has 28 heavy (non-hydrogen) atoms. The van der Waals surface area contributed by atoms with Crippen molar-refractivity contribution in [3.05, 3.63) is 56.3 Å². The molecule has 9 heteroatoms. The van der Waals surface area contributed by atoms with E-state index in [1.54, 1.807) is 18.2 Å². The minimum absolute atomic E-state index is 0.234. The number of hydrogen-bond acceptors (Lipinski definition) is 4. The topological polar surface area (TPSA) is 52.8 Å². The van der Waals surface area contributed by atoms with Gasteiger partial charge in [-0.25, -0.2) is 0 Å². The summed E-state index contributed by atoms with van der Waals surface area (Å²) in [5, 5.41) is 1.46. The summed E-state index contributed by atoms with van der Waals surface area (Å²) >= 11 is 19.4. The highest BCUT2D eigenvalue weighted by molar-refractivity contribution is 7.16. The van der Waals surface area contributed by atoms with Crippen molar-refractivity contribution >= 4 is 62.3 Å². The normalized spacial score (nSPS) is 11.9. The van der Waals surface area contributed by atoms with Crippen LogP contribution in [0.25, 0.3) is 10.2 Å². The molecule has 5 nitrogen and oxygen atoms in total. The lowest BCUT2D eigenvalue weighted by molar-refractivity contribution is -0.120. The second kappa shape index (κ2) is 9.76. The third-order valence-electron chi connectivity index (χ3n) is 3.77. The predicted molar refractivity (Wildman–Crippen MR) is 114 cm³/mol. The van der Waals surface area contributed by atoms with Gasteiger partial charge in [0.15, 0.2) is 11.4 Å². The van der Waals surface area contributed by atoms with Gasteiger partial charge in [-0.3, -0.25) is 4.79 Å². The molecule has 0 aliphatic carbocycles. The van der Waals surface area contributed by atoms with Crippen LogP contribution in [0.15, 0.2) is 41.4 Å². The van der Waals surface area contributed by atoms with Crippen LogP contribution in [0.1, 0.15) is 6.92 Å². The van der Waals surface area contributed by atoms with Gasteiger partial charge in [-0.2, -0.15) is 4.99 Å². The summed E-state index contributed by atoms with van der Waals surface area (Å²) in [6, 6.07) is 10.4. The number of hydrogen-bond donors (Lipinski definition) is 0. The number of carbonyl (C=O) groups is 1. The Bertz CT molecular complexity index is 1060. The number of nitrogens with zero attached hydrogens (tertiary/aromatic N) is 2. The fraction of sp³-hybridized carbons (Fsp3) is 0.263. The fourth-order valence-corrected chi connectivity index (χ4v) is 4.33. The molecular formula is C19H17Cl3N2O3S. The van der Waals surface area contributed by atoms with E-state index < -0.39 is 5.91 Å². The third-order valence-corrected chi connectivity index (χ3v) is 5.58. The molecule has 0 N–H and O–H groups in total. The number of benzene rings is 2. The largest absolute Gasteiger partial charge is 0.482 e. The van der Waals surface area contributed by atoms with Crippen LogP contribution >= 0.6 is 46.1 Å². The van der Waals surface area contributed by atoms with E-state index in [2.05, 4.69) is 4.99 Å². The van der Waals surface area contributed by atoms with Crippen LogP contribution in [-0.2, 0) is 16.1 Å². The molecule has 1 heterocycles. The monoisotopic (exact) mass is 458 g/mol. The second-order valence-electron chi connectivity index (χ2n) is 5.71. The Morgan fingerprint density at radius 1 is 1.14 bits per heavy atom. The first-order chi connectivity index (χ1) is 13.5. The average Bonchev–Trinajstić information content (AvgIpc) is 2.97. The van der Waals surface area contributed by atoms with Gasteiger partial charge < -0.3 is 14.0 Å². The van der Waals surface area contributed by atoms with Crippen molar-refractivity contribution in [2.24, 2.45) is 4.99 Å². The maximum Gasteiger partial charge on any atom is 0.286 e. The SMILES string of the molecule is CCOCCn1c(=NC(=O)COc2ccc(Cl)cc2Cl)sc2cc(Cl)ccc21. The van der Waals surface area contributed by atoms with Gasteiger partial charge in [-0.15, -0.1) is 0 Å². The lowest BCUT2D eigenvalue weighted by Gasteiger charge is -2.07. The van der Waals surface area contributed by atoms with Gasteiger partial charge in [0.05, 0.1) is 21.8 Å². The molecule has 0 fully saturated rings. The summed E-state index contributed by atoms with van der Waals surface area (Å²) in [6.45, 7) is 3.41. The molecule has 0 bridgehead atoms. The Morgan fingerprint density at radius 2 is 1.89 bits per heavy atom. The molecule has 1 aromatic heterocycles. The van der Waals surface area contributed by atoms with E-state index in [1.165, 1.54) is 11.3 Å². The van der Waals surface area contributed by atoms with E-state index in [0.717, 1.165) is 10.2 Å². The van der Waals surface area contributed by atoms with Crippen molar-refractivity contribution in [2.75, 3.05) is 19.8 Å². The molecule has 3 rings (SSSR count). The number of rotatable bonds is 7. The highest BCUT2D eigenvalue weighted by Gasteiger charge is 2.10. The minimum atomic E-state index is -0.422. The van der Waals surface area contributed by atoms with Gasteiger partial charge in [-0.1, -0.05) is 46.1 Å². The molecule has 0 spiro atoms. The van der Waals surface area contributed by atoms with Crippen LogP contribution < -0.4 is 9.54 Å². The molecule has 2 aromatic carbocycles. The van der Waals surface area contributed by atoms with Crippen molar-refractivity contribution in [3.63, 3.8) is 0 Å². The highest BCUT2D eigenvalue weighted by atomic mass is 35.5. The standard InChI is InChI=1S/C19H17Cl3N2O3S/c1-2-26-8-7-24-15-5-3-13(21)10-17(15)28-19(24)23-18(25)11-27-16-6-4-12(20)9-14(16)22/h3-6,9-10H,2,7-8,11H2,1H3. The van der Waals surface area contributed by atoms with Crippen LogP contribution in [0.2, 0.25) is 15.1 Å². The number of aromatic nitrogens is 1. The van der Waals surface area contributed by atoms with Crippen molar-refractivity contribution in [2.45, 2.75) is 13.5 Å².